The zero-order valence-electron chi connectivity index (χ0n) is 14.2. The predicted molar refractivity (Wildman–Crippen MR) is 74.5 cm³/mol. The molecule has 1 aliphatic rings. The number of rotatable bonds is 6. The molecule has 0 spiro atoms. The van der Waals surface area contributed by atoms with E-state index in [0.717, 1.165) is 0 Å². The average Bonchev–Trinajstić information content (AvgIpc) is 2.55. The molecule has 3 N–H and O–H groups in total. The minimum atomic E-state index is -1.05. The molecule has 0 radical (unpaired) electrons. The molecule has 4 atom stereocenters. The van der Waals surface area contributed by atoms with E-state index in [1.807, 2.05) is 0 Å². The summed E-state index contributed by atoms with van der Waals surface area (Å²) < 4.78 is 38.1. The first-order valence-corrected chi connectivity index (χ1v) is 7.79. The number of benzene rings is 1. The van der Waals surface area contributed by atoms with Gasteiger partial charge in [0.05, 0.1) is 26.9 Å². The Bertz CT molecular complexity index is 533. The molecular weight excluding hydrogens is 283 g/mol. The Hall–Kier alpha value is -1.07. The van der Waals surface area contributed by atoms with E-state index in [9.17, 15) is 5.11 Å². The van der Waals surface area contributed by atoms with Crippen LogP contribution in [0.15, 0.2) is 12.1 Å². The van der Waals surface area contributed by atoms with Crippen molar-refractivity contribution in [1.82, 2.24) is 0 Å². The molecule has 0 unspecified atom stereocenters. The van der Waals surface area contributed by atoms with Gasteiger partial charge >= 0.3 is 0 Å². The van der Waals surface area contributed by atoms with Crippen LogP contribution < -0.4 is 9.47 Å². The Morgan fingerprint density at radius 3 is 3.00 bits per heavy atom. The lowest BCUT2D eigenvalue weighted by Gasteiger charge is -2.34. The van der Waals surface area contributed by atoms with Crippen LogP contribution in [0.4, 0.5) is 0 Å². The topological polar surface area (TPSA) is 88.4 Å². The highest BCUT2D eigenvalue weighted by atomic mass is 31.1. The van der Waals surface area contributed by atoms with Gasteiger partial charge in [0.25, 0.3) is 0 Å². The maximum atomic E-state index is 10.3. The summed E-state index contributed by atoms with van der Waals surface area (Å²) in [5, 5.41) is 19.2. The molecule has 0 amide bonds. The quantitative estimate of drug-likeness (QED) is 0.692. The van der Waals surface area contributed by atoms with E-state index >= 15 is 0 Å². The lowest BCUT2D eigenvalue weighted by Crippen LogP contribution is -2.23. The van der Waals surface area contributed by atoms with Crippen LogP contribution in [0.3, 0.4) is 0 Å². The number of methoxy groups -OCH3 is 2. The van der Waals surface area contributed by atoms with E-state index in [0.29, 0.717) is 5.56 Å². The van der Waals surface area contributed by atoms with E-state index in [-0.39, 0.29) is 29.9 Å². The summed E-state index contributed by atoms with van der Waals surface area (Å²) in [6.45, 7) is 0. The maximum Gasteiger partial charge on any atom is 0.213 e. The van der Waals surface area contributed by atoms with Crippen LogP contribution in [0.5, 0.6) is 17.2 Å². The fraction of sp³-hybridized carbons (Fsp3) is 0.538. The van der Waals surface area contributed by atoms with Crippen molar-refractivity contribution in [3.05, 3.63) is 17.7 Å². The smallest absolute Gasteiger partial charge is 0.213 e. The van der Waals surface area contributed by atoms with Gasteiger partial charge in [-0.1, -0.05) is 6.07 Å². The summed E-state index contributed by atoms with van der Waals surface area (Å²) >= 11 is 0. The lowest BCUT2D eigenvalue weighted by atomic mass is 10.1. The van der Waals surface area contributed by atoms with Gasteiger partial charge in [0.1, 0.15) is 0 Å². The van der Waals surface area contributed by atoms with Crippen molar-refractivity contribution < 1.29 is 30.9 Å². The van der Waals surface area contributed by atoms with E-state index in [2.05, 4.69) is 10.2 Å². The maximum absolute atomic E-state index is 10.3. The van der Waals surface area contributed by atoms with Crippen molar-refractivity contribution in [3.8, 4) is 17.2 Å². The minimum Gasteiger partial charge on any atom is -0.502 e. The van der Waals surface area contributed by atoms with Crippen molar-refractivity contribution >= 4 is 7.92 Å². The Labute approximate surface area is 123 Å². The average molecular weight is 305 g/mol. The molecule has 1 aromatic carbocycles. The normalized spacial score (nSPS) is 32.0. The summed E-state index contributed by atoms with van der Waals surface area (Å²) in [6, 6.07) is 3.29. The second-order valence-electron chi connectivity index (χ2n) is 4.26. The van der Waals surface area contributed by atoms with Crippen LogP contribution in [-0.4, -0.2) is 51.4 Å². The number of aliphatic hydroxyl groups excluding tert-OH is 2. The summed E-state index contributed by atoms with van der Waals surface area (Å²) in [5.41, 5.74) is 0.144. The predicted octanol–water partition coefficient (Wildman–Crippen LogP) is 1.58. The van der Waals surface area contributed by atoms with Gasteiger partial charge in [0.2, 0.25) is 8.61 Å². The van der Waals surface area contributed by atoms with Gasteiger partial charge in [-0.2, -0.15) is 0 Å². The van der Waals surface area contributed by atoms with Gasteiger partial charge in [-0.25, -0.2) is 0 Å². The Morgan fingerprint density at radius 2 is 2.35 bits per heavy atom. The third-order valence-corrected chi connectivity index (χ3v) is 5.22. The van der Waals surface area contributed by atoms with Gasteiger partial charge in [-0.15, -0.1) is 0 Å². The van der Waals surface area contributed by atoms with E-state index in [1.165, 1.54) is 14.2 Å². The van der Waals surface area contributed by atoms with E-state index in [1.54, 1.807) is 12.1 Å². The van der Waals surface area contributed by atoms with Gasteiger partial charge in [0, 0.05) is 19.0 Å². The van der Waals surface area contributed by atoms with Crippen LogP contribution in [-0.2, 0) is 4.74 Å². The number of aromatic hydroxyl groups is 1. The zero-order chi connectivity index (χ0) is 17.0. The highest BCUT2D eigenvalue weighted by Gasteiger charge is 2.33. The lowest BCUT2D eigenvalue weighted by molar-refractivity contribution is -0.0937. The molecule has 0 aliphatic carbocycles. The van der Waals surface area contributed by atoms with Gasteiger partial charge in [-0.05, 0) is 14.0 Å². The number of phenolic OH excluding ortho intramolecular Hbond substituents is 1. The zero-order valence-corrected chi connectivity index (χ0v) is 12.1. The molecule has 0 saturated carbocycles. The third kappa shape index (κ3) is 2.83. The van der Waals surface area contributed by atoms with Crippen molar-refractivity contribution in [2.75, 3.05) is 26.9 Å². The third-order valence-electron chi connectivity index (χ3n) is 3.17. The number of hydrogen-bond donors (Lipinski definition) is 3. The fourth-order valence-electron chi connectivity index (χ4n) is 2.17. The van der Waals surface area contributed by atoms with Crippen LogP contribution in [0, 0.1) is 0 Å². The molecule has 1 fully saturated rings. The first-order chi connectivity index (χ1) is 11.1. The van der Waals surface area contributed by atoms with Gasteiger partial charge < -0.3 is 29.5 Å². The molecule has 1 aliphatic heterocycles. The highest BCUT2D eigenvalue weighted by molar-refractivity contribution is 7.57. The fourth-order valence-corrected chi connectivity index (χ4v) is 3.89. The summed E-state index contributed by atoms with van der Waals surface area (Å²) in [6.07, 6.45) is -1.59. The molecule has 0 aromatic heterocycles. The van der Waals surface area contributed by atoms with Crippen LogP contribution in [0.25, 0.3) is 0 Å². The molecule has 1 saturated heterocycles. The molecule has 7 heteroatoms. The SMILES string of the molecule is [2H]OC[P@@]1CO[C@@H](O[2H])[C@H]([2H])[C@@H]1c1ccc(OC)c(O)c1OC. The highest BCUT2D eigenvalue weighted by Crippen LogP contribution is 2.59. The van der Waals surface area contributed by atoms with Gasteiger partial charge in [-0.3, -0.25) is 0 Å². The number of aliphatic hydroxyl groups is 2. The van der Waals surface area contributed by atoms with Crippen molar-refractivity contribution in [3.63, 3.8) is 0 Å². The second kappa shape index (κ2) is 6.59. The minimum absolute atomic E-state index is 0.107. The standard InChI is InChI=1S/C13H19O6P/c1-17-9-4-3-8(13(18-2)12(9)16)10-5-11(15)19-7-20(10)6-14/h3-4,10-11,14-16H,5-7H2,1-2H3/t10-,11-,20+/m1/s1/i5D,14D,15D/t5-,10-,11-,20+. The van der Waals surface area contributed by atoms with Crippen LogP contribution in [0.2, 0.25) is 0 Å². The Morgan fingerprint density at radius 1 is 1.50 bits per heavy atom. The molecule has 112 valence electrons. The first kappa shape index (κ1) is 11.6. The molecule has 0 bridgehead atoms. The first-order valence-electron chi connectivity index (χ1n) is 7.40. The van der Waals surface area contributed by atoms with Gasteiger partial charge in [0.15, 0.2) is 17.8 Å². The van der Waals surface area contributed by atoms with E-state index < -0.39 is 26.3 Å². The van der Waals surface area contributed by atoms with E-state index in [4.69, 9.17) is 18.4 Å². The summed E-state index contributed by atoms with van der Waals surface area (Å²) in [4.78, 5) is 0. The van der Waals surface area contributed by atoms with Crippen molar-refractivity contribution in [1.29, 1.82) is 2.86 Å². The molecule has 2 rings (SSSR count). The van der Waals surface area contributed by atoms with Crippen LogP contribution in [0.1, 0.15) is 19.0 Å². The molecule has 20 heavy (non-hydrogen) atoms. The second-order valence-corrected chi connectivity index (χ2v) is 6.51. The Balaban J connectivity index is 2.47. The largest absolute Gasteiger partial charge is 0.502 e. The summed E-state index contributed by atoms with van der Waals surface area (Å²) in [7, 11) is 1.80. The monoisotopic (exact) mass is 305 g/mol. The molecule has 1 heterocycles. The molecule has 1 aromatic rings. The number of hydrogen-bond acceptors (Lipinski definition) is 6. The number of phenols is 1. The Kier molecular flexibility index (Phi) is 3.81. The number of ether oxygens (including phenoxy) is 3. The van der Waals surface area contributed by atoms with Crippen LogP contribution >= 0.6 is 7.92 Å². The van der Waals surface area contributed by atoms with Crippen molar-refractivity contribution in [2.45, 2.75) is 18.3 Å². The molecular formula is C13H19O6P. The summed E-state index contributed by atoms with van der Waals surface area (Å²) in [5.74, 6) is 0.305. The van der Waals surface area contributed by atoms with Crippen molar-refractivity contribution in [2.24, 2.45) is 0 Å². The molecule has 6 nitrogen and oxygen atoms in total.